The molecule has 3 rings (SSSR count). The number of allylic oxidation sites excluding steroid dienone is 6. The van der Waals surface area contributed by atoms with Gasteiger partial charge in [0.1, 0.15) is 5.60 Å². The highest BCUT2D eigenvalue weighted by molar-refractivity contribution is 14.1. The quantitative estimate of drug-likeness (QED) is 0.279. The van der Waals surface area contributed by atoms with Crippen LogP contribution in [0.2, 0.25) is 0 Å². The van der Waals surface area contributed by atoms with E-state index in [2.05, 4.69) is 0 Å². The van der Waals surface area contributed by atoms with Crippen LogP contribution in [0.25, 0.3) is 0 Å². The Kier molecular flexibility index (Phi) is 5.23. The summed E-state index contributed by atoms with van der Waals surface area (Å²) in [6.07, 6.45) is 10.5. The third-order valence-corrected chi connectivity index (χ3v) is 4.21. The van der Waals surface area contributed by atoms with Crippen LogP contribution in [0.3, 0.4) is 0 Å². The number of hydrogen-bond donors (Lipinski definition) is 0. The molecule has 0 saturated carbocycles. The molecule has 2 aliphatic carbocycles. The van der Waals surface area contributed by atoms with E-state index in [0.29, 0.717) is 18.4 Å². The second kappa shape index (κ2) is 6.82. The number of amides is 2. The van der Waals surface area contributed by atoms with E-state index in [0.717, 1.165) is 14.3 Å². The fourth-order valence-electron chi connectivity index (χ4n) is 2.09. The first-order valence-corrected chi connectivity index (χ1v) is 8.21. The Hall–Kier alpha value is -1.70. The summed E-state index contributed by atoms with van der Waals surface area (Å²) in [6.45, 7) is 5.61. The van der Waals surface area contributed by atoms with Crippen molar-refractivity contribution in [1.29, 1.82) is 0 Å². The average molecular weight is 427 g/mol. The van der Waals surface area contributed by atoms with E-state index in [-0.39, 0.29) is 17.8 Å². The summed E-state index contributed by atoms with van der Waals surface area (Å²) in [7, 11) is 0. The lowest BCUT2D eigenvalue weighted by Crippen LogP contribution is -2.24. The van der Waals surface area contributed by atoms with Gasteiger partial charge in [0.05, 0.1) is 28.4 Å². The lowest BCUT2D eigenvalue weighted by atomic mass is 10.2. The molecule has 1 heterocycles. The molecular weight excluding hydrogens is 409 g/mol. The van der Waals surface area contributed by atoms with Gasteiger partial charge in [0.15, 0.2) is 0 Å². The maximum Gasteiger partial charge on any atom is 0.338 e. The molecule has 1 aliphatic heterocycles. The summed E-state index contributed by atoms with van der Waals surface area (Å²) in [5.74, 6) is -0.398. The molecular formula is C17H18INO4. The van der Waals surface area contributed by atoms with Crippen molar-refractivity contribution < 1.29 is 19.1 Å². The van der Waals surface area contributed by atoms with Crippen LogP contribution in [0.1, 0.15) is 33.6 Å². The van der Waals surface area contributed by atoms with Crippen LogP contribution in [0.4, 0.5) is 0 Å². The smallest absolute Gasteiger partial charge is 0.338 e. The van der Waals surface area contributed by atoms with Crippen LogP contribution in [-0.2, 0) is 19.1 Å². The second-order valence-electron chi connectivity index (χ2n) is 6.25. The molecule has 0 bridgehead atoms. The standard InChI is InChI=1S/C13H14O2.C4H4INO2/c1-13(2,3)15-12(14)11-7-9-5-4-6-10(9)8-11;5-6-3(7)1-2-4(6)8/h4-8H,1-3H3;1-2H2. The van der Waals surface area contributed by atoms with Crippen molar-refractivity contribution in [3.05, 3.63) is 47.1 Å². The number of carbonyl (C=O) groups excluding carboxylic acids is 3. The summed E-state index contributed by atoms with van der Waals surface area (Å²) in [5.41, 5.74) is 2.39. The highest BCUT2D eigenvalue weighted by atomic mass is 127. The zero-order valence-electron chi connectivity index (χ0n) is 13.3. The topological polar surface area (TPSA) is 63.7 Å². The molecule has 23 heavy (non-hydrogen) atoms. The van der Waals surface area contributed by atoms with Crippen LogP contribution < -0.4 is 0 Å². The minimum Gasteiger partial charge on any atom is -0.456 e. The van der Waals surface area contributed by atoms with E-state index in [9.17, 15) is 14.4 Å². The molecule has 0 unspecified atom stereocenters. The summed E-state index contributed by atoms with van der Waals surface area (Å²) >= 11 is 1.72. The highest BCUT2D eigenvalue weighted by Crippen LogP contribution is 2.29. The fraction of sp³-hybridized carbons (Fsp3) is 0.353. The Morgan fingerprint density at radius 3 is 2.17 bits per heavy atom. The number of nitrogens with zero attached hydrogens (tertiary/aromatic N) is 1. The zero-order valence-corrected chi connectivity index (χ0v) is 15.4. The van der Waals surface area contributed by atoms with Crippen molar-refractivity contribution in [3.63, 3.8) is 0 Å². The molecule has 1 fully saturated rings. The molecule has 0 atom stereocenters. The molecule has 2 amide bonds. The maximum absolute atomic E-state index is 11.7. The van der Waals surface area contributed by atoms with Crippen LogP contribution >= 0.6 is 22.9 Å². The van der Waals surface area contributed by atoms with Crippen molar-refractivity contribution in [2.45, 2.75) is 39.2 Å². The summed E-state index contributed by atoms with van der Waals surface area (Å²) in [5, 5.41) is 0. The second-order valence-corrected chi connectivity index (χ2v) is 7.22. The number of hydrogen-bond acceptors (Lipinski definition) is 4. The molecule has 0 aromatic rings. The van der Waals surface area contributed by atoms with Crippen molar-refractivity contribution in [2.75, 3.05) is 0 Å². The number of carbonyl (C=O) groups is 3. The molecule has 0 aromatic heterocycles. The van der Waals surface area contributed by atoms with Gasteiger partial charge in [-0.2, -0.15) is 0 Å². The van der Waals surface area contributed by atoms with Gasteiger partial charge in [-0.3, -0.25) is 9.59 Å². The van der Waals surface area contributed by atoms with Crippen LogP contribution in [0.15, 0.2) is 47.1 Å². The van der Waals surface area contributed by atoms with Gasteiger partial charge >= 0.3 is 5.97 Å². The first kappa shape index (κ1) is 17.7. The van der Waals surface area contributed by atoms with Gasteiger partial charge in [-0.1, -0.05) is 18.2 Å². The van der Waals surface area contributed by atoms with E-state index in [1.54, 1.807) is 22.9 Å². The molecule has 122 valence electrons. The lowest BCUT2D eigenvalue weighted by Gasteiger charge is -2.19. The third kappa shape index (κ3) is 4.63. The van der Waals surface area contributed by atoms with Gasteiger partial charge < -0.3 is 4.74 Å². The molecule has 1 saturated heterocycles. The molecule has 6 heteroatoms. The number of ether oxygens (including phenoxy) is 1. The Labute approximate surface area is 149 Å². The van der Waals surface area contributed by atoms with E-state index < -0.39 is 5.60 Å². The third-order valence-electron chi connectivity index (χ3n) is 3.13. The van der Waals surface area contributed by atoms with E-state index in [1.165, 1.54) is 0 Å². The number of esters is 1. The first-order valence-electron chi connectivity index (χ1n) is 7.24. The van der Waals surface area contributed by atoms with E-state index >= 15 is 0 Å². The largest absolute Gasteiger partial charge is 0.456 e. The Bertz CT molecular complexity index is 661. The Morgan fingerprint density at radius 1 is 1.13 bits per heavy atom. The predicted molar refractivity (Wildman–Crippen MR) is 94.3 cm³/mol. The summed E-state index contributed by atoms with van der Waals surface area (Å²) < 4.78 is 6.42. The zero-order chi connectivity index (χ0) is 17.2. The highest BCUT2D eigenvalue weighted by Gasteiger charge is 2.26. The summed E-state index contributed by atoms with van der Waals surface area (Å²) in [4.78, 5) is 32.7. The Morgan fingerprint density at radius 2 is 1.74 bits per heavy atom. The van der Waals surface area contributed by atoms with Gasteiger partial charge in [-0.25, -0.2) is 7.91 Å². The summed E-state index contributed by atoms with van der Waals surface area (Å²) in [6, 6.07) is 0. The lowest BCUT2D eigenvalue weighted by molar-refractivity contribution is -0.149. The predicted octanol–water partition coefficient (Wildman–Crippen LogP) is 3.18. The van der Waals surface area contributed by atoms with Crippen molar-refractivity contribution in [1.82, 2.24) is 3.11 Å². The minimum absolute atomic E-state index is 0.0735. The maximum atomic E-state index is 11.7. The number of fused-ring (bicyclic) bond motifs is 1. The van der Waals surface area contributed by atoms with Crippen LogP contribution in [0, 0.1) is 0 Å². The number of rotatable bonds is 1. The molecule has 5 nitrogen and oxygen atoms in total. The van der Waals surface area contributed by atoms with Gasteiger partial charge in [0.2, 0.25) is 11.8 Å². The monoisotopic (exact) mass is 427 g/mol. The number of imide groups is 1. The normalized spacial score (nSPS) is 19.0. The number of halogens is 1. The van der Waals surface area contributed by atoms with E-state index in [4.69, 9.17) is 4.74 Å². The molecule has 0 radical (unpaired) electrons. The molecule has 0 spiro atoms. The van der Waals surface area contributed by atoms with Gasteiger partial charge in [-0.15, -0.1) is 0 Å². The Balaban J connectivity index is 0.000000203. The SMILES string of the molecule is CC(C)(C)OC(=O)C1=CC2=CC=CC2=C1.O=C1CCC(=O)N1I. The van der Waals surface area contributed by atoms with Crippen LogP contribution in [-0.4, -0.2) is 26.5 Å². The van der Waals surface area contributed by atoms with Gasteiger partial charge in [0.25, 0.3) is 0 Å². The molecule has 0 aromatic carbocycles. The van der Waals surface area contributed by atoms with Crippen LogP contribution in [0.5, 0.6) is 0 Å². The van der Waals surface area contributed by atoms with Gasteiger partial charge in [-0.05, 0) is 44.1 Å². The average Bonchev–Trinajstić information content (AvgIpc) is 3.09. The van der Waals surface area contributed by atoms with Crippen molar-refractivity contribution in [3.8, 4) is 0 Å². The minimum atomic E-state index is -0.432. The van der Waals surface area contributed by atoms with Gasteiger partial charge in [0, 0.05) is 12.8 Å². The molecule has 3 aliphatic rings. The first-order chi connectivity index (χ1) is 10.7. The molecule has 0 N–H and O–H groups in total. The fourth-order valence-corrected chi connectivity index (χ4v) is 2.57. The van der Waals surface area contributed by atoms with Crippen molar-refractivity contribution in [2.24, 2.45) is 0 Å². The van der Waals surface area contributed by atoms with E-state index in [1.807, 2.05) is 51.2 Å². The van der Waals surface area contributed by atoms with Crippen molar-refractivity contribution >= 4 is 40.6 Å².